The third-order valence-electron chi connectivity index (χ3n) is 8.33. The summed E-state index contributed by atoms with van der Waals surface area (Å²) < 4.78 is 5.68. The summed E-state index contributed by atoms with van der Waals surface area (Å²) in [6.45, 7) is 5.02. The van der Waals surface area contributed by atoms with Crippen LogP contribution < -0.4 is 0 Å². The quantitative estimate of drug-likeness (QED) is 0.528. The van der Waals surface area contributed by atoms with Gasteiger partial charge in [-0.1, -0.05) is 30.7 Å². The molecule has 0 aliphatic heterocycles. The van der Waals surface area contributed by atoms with Gasteiger partial charge < -0.3 is 9.57 Å². The molecule has 0 amide bonds. The summed E-state index contributed by atoms with van der Waals surface area (Å²) in [5.41, 5.74) is 3.73. The van der Waals surface area contributed by atoms with E-state index >= 15 is 0 Å². The minimum Gasteiger partial charge on any atom is -0.399 e. The van der Waals surface area contributed by atoms with Gasteiger partial charge in [0.1, 0.15) is 7.11 Å². The first-order valence-electron chi connectivity index (χ1n) is 9.85. The van der Waals surface area contributed by atoms with E-state index in [1.807, 2.05) is 7.11 Å². The second kappa shape index (κ2) is 5.86. The van der Waals surface area contributed by atoms with Crippen LogP contribution in [0.25, 0.3) is 0 Å². The lowest BCUT2D eigenvalue weighted by Crippen LogP contribution is -2.50. The van der Waals surface area contributed by atoms with E-state index in [1.165, 1.54) is 44.2 Å². The van der Waals surface area contributed by atoms with E-state index in [9.17, 15) is 0 Å². The molecule has 3 fully saturated rings. The molecule has 134 valence electrons. The fourth-order valence-electron chi connectivity index (χ4n) is 6.88. The Morgan fingerprint density at radius 3 is 2.54 bits per heavy atom. The van der Waals surface area contributed by atoms with Gasteiger partial charge in [0, 0.05) is 12.5 Å². The second-order valence-corrected chi connectivity index (χ2v) is 9.08. The molecule has 3 saturated carbocycles. The summed E-state index contributed by atoms with van der Waals surface area (Å²) in [6, 6.07) is 0. The van der Waals surface area contributed by atoms with Crippen molar-refractivity contribution in [2.45, 2.75) is 71.3 Å². The molecule has 0 heterocycles. The topological polar surface area (TPSA) is 30.8 Å². The molecule has 3 nitrogen and oxygen atoms in total. The molecule has 0 aromatic carbocycles. The molecule has 0 radical (unpaired) electrons. The van der Waals surface area contributed by atoms with Gasteiger partial charge in [0.15, 0.2) is 0 Å². The van der Waals surface area contributed by atoms with E-state index in [2.05, 4.69) is 25.1 Å². The number of hydrogen-bond donors (Lipinski definition) is 0. The Labute approximate surface area is 146 Å². The predicted molar refractivity (Wildman–Crippen MR) is 96.9 cm³/mol. The average Bonchev–Trinajstić information content (AvgIpc) is 2.91. The van der Waals surface area contributed by atoms with Crippen LogP contribution in [0.1, 0.15) is 65.2 Å². The monoisotopic (exact) mass is 331 g/mol. The fraction of sp³-hybridized carbons (Fsp3) is 0.857. The maximum Gasteiger partial charge on any atom is 0.106 e. The van der Waals surface area contributed by atoms with E-state index in [0.29, 0.717) is 11.5 Å². The van der Waals surface area contributed by atoms with Crippen molar-refractivity contribution in [3.63, 3.8) is 0 Å². The molecule has 4 rings (SSSR count). The first-order valence-corrected chi connectivity index (χ1v) is 9.85. The largest absolute Gasteiger partial charge is 0.399 e. The molecule has 24 heavy (non-hydrogen) atoms. The molecule has 0 aromatic heterocycles. The van der Waals surface area contributed by atoms with Gasteiger partial charge >= 0.3 is 0 Å². The van der Waals surface area contributed by atoms with Crippen molar-refractivity contribution in [3.8, 4) is 0 Å². The van der Waals surface area contributed by atoms with Crippen LogP contribution >= 0.6 is 0 Å². The Hall–Kier alpha value is -0.830. The van der Waals surface area contributed by atoms with Crippen LogP contribution in [-0.4, -0.2) is 26.0 Å². The number of methoxy groups -OCH3 is 1. The number of rotatable bonds is 2. The van der Waals surface area contributed by atoms with E-state index in [4.69, 9.17) is 9.57 Å². The SMILES string of the molecule is CO/N=C1\CC[C@H]2[C@@H]3CC=C4C[C@H](OC)CC[C@]4(C)[C@H]3CC[C@]12C. The highest BCUT2D eigenvalue weighted by Crippen LogP contribution is 2.64. The fourth-order valence-corrected chi connectivity index (χ4v) is 6.88. The van der Waals surface area contributed by atoms with Gasteiger partial charge in [-0.15, -0.1) is 0 Å². The van der Waals surface area contributed by atoms with E-state index < -0.39 is 0 Å². The van der Waals surface area contributed by atoms with Crippen molar-refractivity contribution in [3.05, 3.63) is 11.6 Å². The number of oxime groups is 1. The molecule has 0 bridgehead atoms. The predicted octanol–water partition coefficient (Wildman–Crippen LogP) is 4.97. The summed E-state index contributed by atoms with van der Waals surface area (Å²) in [6.07, 6.45) is 13.1. The Morgan fingerprint density at radius 2 is 1.79 bits per heavy atom. The van der Waals surface area contributed by atoms with Crippen LogP contribution in [0, 0.1) is 28.6 Å². The third-order valence-corrected chi connectivity index (χ3v) is 8.33. The molecular formula is C21H33NO2. The Bertz CT molecular complexity index is 568. The molecule has 6 atom stereocenters. The molecule has 4 aliphatic rings. The van der Waals surface area contributed by atoms with Crippen LogP contribution in [-0.2, 0) is 9.57 Å². The summed E-state index contributed by atoms with van der Waals surface area (Å²) in [7, 11) is 3.57. The normalized spacial score (nSPS) is 49.2. The molecule has 0 unspecified atom stereocenters. The van der Waals surface area contributed by atoms with Gasteiger partial charge in [-0.25, -0.2) is 0 Å². The lowest BCUT2D eigenvalue weighted by Gasteiger charge is -2.57. The molecule has 0 N–H and O–H groups in total. The van der Waals surface area contributed by atoms with Crippen molar-refractivity contribution in [2.75, 3.05) is 14.2 Å². The number of fused-ring (bicyclic) bond motifs is 5. The molecule has 0 spiro atoms. The van der Waals surface area contributed by atoms with E-state index in [1.54, 1.807) is 12.7 Å². The number of nitrogens with zero attached hydrogens (tertiary/aromatic N) is 1. The van der Waals surface area contributed by atoms with E-state index in [-0.39, 0.29) is 5.41 Å². The standard InChI is InChI=1S/C21H33NO2/c1-20-11-9-15(23-3)13-14(20)5-6-16-17-7-8-19(22-24-4)21(17,2)12-10-18(16)20/h5,15-18H,6-13H2,1-4H3/b22-19+/t15-,16+,17+,18+,20+,21+/m1/s1. The van der Waals surface area contributed by atoms with Crippen molar-refractivity contribution in [1.29, 1.82) is 0 Å². The summed E-state index contributed by atoms with van der Waals surface area (Å²) in [4.78, 5) is 5.17. The lowest BCUT2D eigenvalue weighted by molar-refractivity contribution is -0.0281. The Balaban J connectivity index is 1.64. The van der Waals surface area contributed by atoms with Crippen LogP contribution in [0.5, 0.6) is 0 Å². The highest BCUT2D eigenvalue weighted by Gasteiger charge is 2.58. The summed E-state index contributed by atoms with van der Waals surface area (Å²) in [5, 5.41) is 4.42. The van der Waals surface area contributed by atoms with Crippen LogP contribution in [0.4, 0.5) is 0 Å². The summed E-state index contributed by atoms with van der Waals surface area (Å²) >= 11 is 0. The zero-order valence-electron chi connectivity index (χ0n) is 15.8. The first kappa shape index (κ1) is 16.6. The average molecular weight is 332 g/mol. The lowest BCUT2D eigenvalue weighted by atomic mass is 9.48. The van der Waals surface area contributed by atoms with Crippen LogP contribution in [0.3, 0.4) is 0 Å². The van der Waals surface area contributed by atoms with E-state index in [0.717, 1.165) is 30.6 Å². The molecule has 4 aliphatic carbocycles. The van der Waals surface area contributed by atoms with Gasteiger partial charge in [-0.3, -0.25) is 0 Å². The van der Waals surface area contributed by atoms with Gasteiger partial charge in [0.05, 0.1) is 11.8 Å². The van der Waals surface area contributed by atoms with Gasteiger partial charge in [0.2, 0.25) is 0 Å². The zero-order valence-corrected chi connectivity index (χ0v) is 15.8. The Kier molecular flexibility index (Phi) is 4.06. The van der Waals surface area contributed by atoms with Gasteiger partial charge in [-0.05, 0) is 74.5 Å². The second-order valence-electron chi connectivity index (χ2n) is 9.08. The molecular weight excluding hydrogens is 298 g/mol. The number of ether oxygens (including phenoxy) is 1. The van der Waals surface area contributed by atoms with Crippen molar-refractivity contribution >= 4 is 5.71 Å². The number of allylic oxidation sites excluding steroid dienone is 1. The van der Waals surface area contributed by atoms with Gasteiger partial charge in [0.25, 0.3) is 0 Å². The van der Waals surface area contributed by atoms with Crippen LogP contribution in [0.2, 0.25) is 0 Å². The zero-order chi connectivity index (χ0) is 16.9. The molecule has 0 saturated heterocycles. The van der Waals surface area contributed by atoms with Crippen molar-refractivity contribution in [2.24, 2.45) is 33.7 Å². The van der Waals surface area contributed by atoms with Crippen molar-refractivity contribution < 1.29 is 9.57 Å². The third kappa shape index (κ3) is 2.23. The summed E-state index contributed by atoms with van der Waals surface area (Å²) in [5.74, 6) is 2.48. The highest BCUT2D eigenvalue weighted by molar-refractivity contribution is 5.92. The minimum atomic E-state index is 0.280. The molecule has 3 heteroatoms. The first-order chi connectivity index (χ1) is 11.5. The molecule has 0 aromatic rings. The maximum atomic E-state index is 5.68. The van der Waals surface area contributed by atoms with Gasteiger partial charge in [-0.2, -0.15) is 0 Å². The highest BCUT2D eigenvalue weighted by atomic mass is 16.6. The minimum absolute atomic E-state index is 0.280. The van der Waals surface area contributed by atoms with Crippen molar-refractivity contribution in [1.82, 2.24) is 0 Å². The smallest absolute Gasteiger partial charge is 0.106 e. The van der Waals surface area contributed by atoms with Crippen LogP contribution in [0.15, 0.2) is 16.8 Å². The number of hydrogen-bond acceptors (Lipinski definition) is 3. The Morgan fingerprint density at radius 1 is 1.04 bits per heavy atom. The maximum absolute atomic E-state index is 5.68.